The zero-order valence-electron chi connectivity index (χ0n) is 11.8. The Kier molecular flexibility index (Phi) is 4.81. The van der Waals surface area contributed by atoms with Crippen LogP contribution in [0.15, 0.2) is 24.0 Å². The van der Waals surface area contributed by atoms with Crippen LogP contribution in [-0.4, -0.2) is 13.2 Å². The van der Waals surface area contributed by atoms with Crippen molar-refractivity contribution in [2.75, 3.05) is 7.11 Å². The van der Waals surface area contributed by atoms with Crippen LogP contribution in [0.3, 0.4) is 0 Å². The molecular weight excluding hydrogens is 198 g/mol. The Morgan fingerprint density at radius 3 is 1.88 bits per heavy atom. The number of hydrogen-bond donors (Lipinski definition) is 1. The maximum atomic E-state index is 6.16. The molecule has 1 atom stereocenters. The summed E-state index contributed by atoms with van der Waals surface area (Å²) >= 11 is 0. The highest BCUT2D eigenvalue weighted by molar-refractivity contribution is 5.26. The Hall–Kier alpha value is -0.760. The number of methoxy groups -OCH3 is 1. The maximum Gasteiger partial charge on any atom is 0.113 e. The van der Waals surface area contributed by atoms with E-state index in [4.69, 9.17) is 10.5 Å². The minimum Gasteiger partial charge on any atom is -0.499 e. The molecule has 0 aliphatic rings. The lowest BCUT2D eigenvalue weighted by Gasteiger charge is -2.29. The standard InChI is InChI=1S/C14H27NO/c1-10(13(2,3)4)9-11(16-8)12(15)14(5,6)7/h9,12H,1,15H2,2-8H3/b11-9-/t12-/m0/s1. The lowest BCUT2D eigenvalue weighted by molar-refractivity contribution is 0.210. The van der Waals surface area contributed by atoms with E-state index in [1.165, 1.54) is 0 Å². The van der Waals surface area contributed by atoms with Gasteiger partial charge in [-0.05, 0) is 22.5 Å². The molecule has 0 aromatic heterocycles. The number of ether oxygens (including phenoxy) is 1. The normalized spacial score (nSPS) is 15.9. The first-order valence-corrected chi connectivity index (χ1v) is 5.70. The van der Waals surface area contributed by atoms with Gasteiger partial charge >= 0.3 is 0 Å². The fraction of sp³-hybridized carbons (Fsp3) is 0.714. The average Bonchev–Trinajstić information content (AvgIpc) is 2.09. The van der Waals surface area contributed by atoms with Crippen LogP contribution >= 0.6 is 0 Å². The lowest BCUT2D eigenvalue weighted by atomic mass is 9.83. The maximum absolute atomic E-state index is 6.16. The van der Waals surface area contributed by atoms with E-state index in [-0.39, 0.29) is 16.9 Å². The van der Waals surface area contributed by atoms with Gasteiger partial charge in [-0.25, -0.2) is 0 Å². The van der Waals surface area contributed by atoms with Gasteiger partial charge in [-0.3, -0.25) is 0 Å². The van der Waals surface area contributed by atoms with Gasteiger partial charge < -0.3 is 10.5 Å². The third kappa shape index (κ3) is 4.40. The third-order valence-electron chi connectivity index (χ3n) is 2.76. The van der Waals surface area contributed by atoms with E-state index in [1.54, 1.807) is 7.11 Å². The first kappa shape index (κ1) is 15.2. The second-order valence-corrected chi connectivity index (χ2v) is 6.37. The summed E-state index contributed by atoms with van der Waals surface area (Å²) in [5.41, 5.74) is 7.22. The Balaban J connectivity index is 5.02. The molecular formula is C14H27NO. The number of nitrogens with two attached hydrogens (primary N) is 1. The van der Waals surface area contributed by atoms with Gasteiger partial charge in [0.15, 0.2) is 0 Å². The van der Waals surface area contributed by atoms with Crippen LogP contribution < -0.4 is 5.73 Å². The monoisotopic (exact) mass is 225 g/mol. The molecule has 2 nitrogen and oxygen atoms in total. The van der Waals surface area contributed by atoms with Crippen molar-refractivity contribution >= 4 is 0 Å². The molecule has 0 radical (unpaired) electrons. The second kappa shape index (κ2) is 5.05. The molecule has 0 heterocycles. The Bertz CT molecular complexity index is 276. The Morgan fingerprint density at radius 2 is 1.62 bits per heavy atom. The summed E-state index contributed by atoms with van der Waals surface area (Å²) in [4.78, 5) is 0. The van der Waals surface area contributed by atoms with Crippen LogP contribution in [0.1, 0.15) is 41.5 Å². The minimum absolute atomic E-state index is 0.0139. The third-order valence-corrected chi connectivity index (χ3v) is 2.76. The number of hydrogen-bond acceptors (Lipinski definition) is 2. The Morgan fingerprint density at radius 1 is 1.19 bits per heavy atom. The molecule has 0 fully saturated rings. The highest BCUT2D eigenvalue weighted by atomic mass is 16.5. The molecule has 0 aromatic rings. The molecule has 0 unspecified atom stereocenters. The molecule has 0 spiro atoms. The van der Waals surface area contributed by atoms with Crippen LogP contribution in [0.4, 0.5) is 0 Å². The molecule has 0 aliphatic heterocycles. The minimum atomic E-state index is -0.114. The van der Waals surface area contributed by atoms with Gasteiger partial charge in [-0.15, -0.1) is 0 Å². The first-order valence-electron chi connectivity index (χ1n) is 5.70. The summed E-state index contributed by atoms with van der Waals surface area (Å²) in [6, 6.07) is -0.114. The highest BCUT2D eigenvalue weighted by Crippen LogP contribution is 2.29. The SMILES string of the molecule is C=C(/C=C(\OC)[C@H](N)C(C)(C)C)C(C)(C)C. The van der Waals surface area contributed by atoms with E-state index in [0.29, 0.717) is 0 Å². The molecule has 0 saturated carbocycles. The highest BCUT2D eigenvalue weighted by Gasteiger charge is 2.26. The van der Waals surface area contributed by atoms with Crippen LogP contribution in [-0.2, 0) is 4.74 Å². The summed E-state index contributed by atoms with van der Waals surface area (Å²) in [5.74, 6) is 0.799. The predicted molar refractivity (Wildman–Crippen MR) is 71.1 cm³/mol. The van der Waals surface area contributed by atoms with Gasteiger partial charge in [0.2, 0.25) is 0 Å². The molecule has 94 valence electrons. The van der Waals surface area contributed by atoms with Crippen molar-refractivity contribution < 1.29 is 4.74 Å². The first-order chi connectivity index (χ1) is 7.00. The quantitative estimate of drug-likeness (QED) is 0.589. The smallest absolute Gasteiger partial charge is 0.113 e. The van der Waals surface area contributed by atoms with Crippen LogP contribution in [0.5, 0.6) is 0 Å². The van der Waals surface area contributed by atoms with Gasteiger partial charge in [-0.1, -0.05) is 48.1 Å². The van der Waals surface area contributed by atoms with E-state index in [9.17, 15) is 0 Å². The van der Waals surface area contributed by atoms with E-state index in [2.05, 4.69) is 48.1 Å². The second-order valence-electron chi connectivity index (χ2n) is 6.37. The predicted octanol–water partition coefficient (Wildman–Crippen LogP) is 3.49. The van der Waals surface area contributed by atoms with Gasteiger partial charge in [0.1, 0.15) is 5.76 Å². The zero-order chi connectivity index (χ0) is 13.1. The molecule has 0 aliphatic carbocycles. The molecule has 0 amide bonds. The summed E-state index contributed by atoms with van der Waals surface area (Å²) in [7, 11) is 1.66. The van der Waals surface area contributed by atoms with Crippen molar-refractivity contribution in [2.45, 2.75) is 47.6 Å². The number of rotatable bonds is 3. The van der Waals surface area contributed by atoms with Crippen molar-refractivity contribution in [3.05, 3.63) is 24.0 Å². The van der Waals surface area contributed by atoms with Crippen molar-refractivity contribution in [1.82, 2.24) is 0 Å². The molecule has 0 bridgehead atoms. The summed E-state index contributed by atoms with van der Waals surface area (Å²) < 4.78 is 5.38. The largest absolute Gasteiger partial charge is 0.499 e. The van der Waals surface area contributed by atoms with Crippen molar-refractivity contribution in [1.29, 1.82) is 0 Å². The van der Waals surface area contributed by atoms with Crippen molar-refractivity contribution in [3.8, 4) is 0 Å². The van der Waals surface area contributed by atoms with Crippen LogP contribution in [0.25, 0.3) is 0 Å². The van der Waals surface area contributed by atoms with Gasteiger partial charge in [0.05, 0.1) is 13.2 Å². The molecule has 0 aromatic carbocycles. The van der Waals surface area contributed by atoms with Gasteiger partial charge in [0, 0.05) is 0 Å². The fourth-order valence-corrected chi connectivity index (χ4v) is 1.09. The van der Waals surface area contributed by atoms with E-state index in [1.807, 2.05) is 6.08 Å². The summed E-state index contributed by atoms with van der Waals surface area (Å²) in [6.07, 6.45) is 1.97. The van der Waals surface area contributed by atoms with E-state index < -0.39 is 0 Å². The van der Waals surface area contributed by atoms with Crippen LogP contribution in [0, 0.1) is 10.8 Å². The lowest BCUT2D eigenvalue weighted by Crippen LogP contribution is -2.37. The van der Waals surface area contributed by atoms with E-state index >= 15 is 0 Å². The molecule has 2 N–H and O–H groups in total. The molecule has 0 rings (SSSR count). The van der Waals surface area contributed by atoms with Gasteiger partial charge in [0.25, 0.3) is 0 Å². The zero-order valence-corrected chi connectivity index (χ0v) is 11.8. The van der Waals surface area contributed by atoms with Crippen LogP contribution in [0.2, 0.25) is 0 Å². The average molecular weight is 225 g/mol. The molecule has 2 heteroatoms. The van der Waals surface area contributed by atoms with Gasteiger partial charge in [-0.2, -0.15) is 0 Å². The van der Waals surface area contributed by atoms with Crippen molar-refractivity contribution in [3.63, 3.8) is 0 Å². The molecule has 16 heavy (non-hydrogen) atoms. The summed E-state index contributed by atoms with van der Waals surface area (Å²) in [6.45, 7) is 16.8. The fourth-order valence-electron chi connectivity index (χ4n) is 1.09. The number of allylic oxidation sites excluding steroid dienone is 2. The summed E-state index contributed by atoms with van der Waals surface area (Å²) in [5, 5.41) is 0. The Labute approximate surface area is 101 Å². The molecule has 0 saturated heterocycles. The topological polar surface area (TPSA) is 35.2 Å². The van der Waals surface area contributed by atoms with Crippen molar-refractivity contribution in [2.24, 2.45) is 16.6 Å². The van der Waals surface area contributed by atoms with E-state index in [0.717, 1.165) is 11.3 Å².